The Balaban J connectivity index is 1.47. The molecular weight excluding hydrogens is 407 g/mol. The van der Waals surface area contributed by atoms with E-state index in [9.17, 15) is 14.0 Å². The average molecular weight is 441 g/mol. The Hall–Kier alpha value is -2.93. The molecule has 32 heavy (non-hydrogen) atoms. The zero-order chi connectivity index (χ0) is 23.1. The van der Waals surface area contributed by atoms with Crippen LogP contribution < -0.4 is 10.2 Å². The number of anilines is 1. The summed E-state index contributed by atoms with van der Waals surface area (Å²) in [6, 6.07) is 12.8. The number of urea groups is 1. The molecule has 1 fully saturated rings. The number of carbonyl (C=O) groups is 2. The maximum absolute atomic E-state index is 14.4. The van der Waals surface area contributed by atoms with E-state index in [0.29, 0.717) is 44.0 Å². The van der Waals surface area contributed by atoms with Crippen molar-refractivity contribution in [3.8, 4) is 0 Å². The summed E-state index contributed by atoms with van der Waals surface area (Å²) in [6.07, 6.45) is 0. The van der Waals surface area contributed by atoms with Crippen molar-refractivity contribution in [2.45, 2.75) is 33.9 Å². The fourth-order valence-electron chi connectivity index (χ4n) is 3.89. The first kappa shape index (κ1) is 23.7. The van der Waals surface area contributed by atoms with Gasteiger partial charge in [-0.25, -0.2) is 9.18 Å². The molecule has 0 unspecified atom stereocenters. The third kappa shape index (κ3) is 6.07. The van der Waals surface area contributed by atoms with Gasteiger partial charge in [-0.15, -0.1) is 0 Å². The van der Waals surface area contributed by atoms with Gasteiger partial charge in [-0.05, 0) is 49.3 Å². The van der Waals surface area contributed by atoms with Crippen LogP contribution in [-0.2, 0) is 13.1 Å². The van der Waals surface area contributed by atoms with Crippen LogP contribution in [-0.4, -0.2) is 60.9 Å². The van der Waals surface area contributed by atoms with Gasteiger partial charge in [0.15, 0.2) is 5.78 Å². The highest BCUT2D eigenvalue weighted by atomic mass is 19.1. The van der Waals surface area contributed by atoms with E-state index in [4.69, 9.17) is 0 Å². The molecular formula is C25H33FN4O2. The summed E-state index contributed by atoms with van der Waals surface area (Å²) in [5.41, 5.74) is 3.17. The molecule has 0 radical (unpaired) electrons. The molecule has 3 rings (SSSR count). The zero-order valence-corrected chi connectivity index (χ0v) is 19.2. The van der Waals surface area contributed by atoms with Crippen molar-refractivity contribution in [3.05, 3.63) is 65.0 Å². The number of hydrogen-bond acceptors (Lipinski definition) is 4. The molecule has 1 saturated heterocycles. The van der Waals surface area contributed by atoms with E-state index in [1.165, 1.54) is 18.6 Å². The van der Waals surface area contributed by atoms with Gasteiger partial charge in [-0.2, -0.15) is 0 Å². The number of piperazine rings is 1. The summed E-state index contributed by atoms with van der Waals surface area (Å²) in [7, 11) is 0. The number of benzene rings is 2. The summed E-state index contributed by atoms with van der Waals surface area (Å²) in [5.74, 6) is -0.560. The second kappa shape index (κ2) is 11.1. The van der Waals surface area contributed by atoms with Gasteiger partial charge in [0.1, 0.15) is 5.82 Å². The number of hydrogen-bond donors (Lipinski definition) is 1. The molecule has 0 aromatic heterocycles. The number of halogens is 1. The lowest BCUT2D eigenvalue weighted by atomic mass is 10.1. The van der Waals surface area contributed by atoms with E-state index in [1.54, 1.807) is 17.0 Å². The van der Waals surface area contributed by atoms with Crippen molar-refractivity contribution in [3.63, 3.8) is 0 Å². The van der Waals surface area contributed by atoms with Crippen molar-refractivity contribution in [1.29, 1.82) is 0 Å². The molecule has 2 aromatic rings. The molecule has 0 bridgehead atoms. The summed E-state index contributed by atoms with van der Waals surface area (Å²) >= 11 is 0. The molecule has 0 atom stereocenters. The van der Waals surface area contributed by atoms with Crippen LogP contribution in [0.5, 0.6) is 0 Å². The minimum absolute atomic E-state index is 0.107. The molecule has 0 saturated carbocycles. The van der Waals surface area contributed by atoms with E-state index in [0.717, 1.165) is 25.2 Å². The van der Waals surface area contributed by atoms with E-state index in [2.05, 4.69) is 48.3 Å². The molecule has 1 heterocycles. The Morgan fingerprint density at radius 1 is 0.969 bits per heavy atom. The summed E-state index contributed by atoms with van der Waals surface area (Å²) in [6.45, 7) is 11.3. The standard InChI is InChI=1S/C25H33FN4O2/c1-4-28(5-2)18-21-8-6-20(7-9-21)17-27-25(32)30-14-12-29(13-15-30)24-11-10-22(19(3)31)16-23(24)26/h6-11,16H,4-5,12-15,17-18H2,1-3H3,(H,27,32). The van der Waals surface area contributed by atoms with E-state index in [1.807, 2.05) is 4.90 Å². The van der Waals surface area contributed by atoms with Crippen LogP contribution >= 0.6 is 0 Å². The fraction of sp³-hybridized carbons (Fsp3) is 0.440. The van der Waals surface area contributed by atoms with E-state index >= 15 is 0 Å². The molecule has 1 aliphatic rings. The lowest BCUT2D eigenvalue weighted by Crippen LogP contribution is -2.51. The Kier molecular flexibility index (Phi) is 8.22. The quantitative estimate of drug-likeness (QED) is 0.633. The SMILES string of the molecule is CCN(CC)Cc1ccc(CNC(=O)N2CCN(c3ccc(C(C)=O)cc3F)CC2)cc1. The Labute approximate surface area is 190 Å². The largest absolute Gasteiger partial charge is 0.366 e. The number of amides is 2. The minimum Gasteiger partial charge on any atom is -0.366 e. The van der Waals surface area contributed by atoms with Crippen LogP contribution in [0.2, 0.25) is 0 Å². The third-order valence-corrected chi connectivity index (χ3v) is 6.03. The number of nitrogens with one attached hydrogen (secondary N) is 1. The smallest absolute Gasteiger partial charge is 0.317 e. The second-order valence-electron chi connectivity index (χ2n) is 8.13. The van der Waals surface area contributed by atoms with Gasteiger partial charge in [-0.1, -0.05) is 38.1 Å². The zero-order valence-electron chi connectivity index (χ0n) is 19.2. The second-order valence-corrected chi connectivity index (χ2v) is 8.13. The monoisotopic (exact) mass is 440 g/mol. The van der Waals surface area contributed by atoms with Crippen molar-refractivity contribution < 1.29 is 14.0 Å². The summed E-state index contributed by atoms with van der Waals surface area (Å²) < 4.78 is 14.4. The topological polar surface area (TPSA) is 55.9 Å². The van der Waals surface area contributed by atoms with Crippen LogP contribution in [0.3, 0.4) is 0 Å². The Bertz CT molecular complexity index is 920. The maximum atomic E-state index is 14.4. The molecule has 7 heteroatoms. The van der Waals surface area contributed by atoms with Gasteiger partial charge in [0.25, 0.3) is 0 Å². The van der Waals surface area contributed by atoms with Crippen LogP contribution in [0.1, 0.15) is 42.3 Å². The van der Waals surface area contributed by atoms with E-state index in [-0.39, 0.29) is 11.8 Å². The highest BCUT2D eigenvalue weighted by molar-refractivity contribution is 5.94. The number of carbonyl (C=O) groups excluding carboxylic acids is 2. The van der Waals surface area contributed by atoms with Crippen molar-refractivity contribution >= 4 is 17.5 Å². The van der Waals surface area contributed by atoms with Gasteiger partial charge in [0, 0.05) is 44.8 Å². The van der Waals surface area contributed by atoms with Crippen LogP contribution in [0.25, 0.3) is 0 Å². The minimum atomic E-state index is -0.403. The van der Waals surface area contributed by atoms with Crippen LogP contribution in [0.4, 0.5) is 14.9 Å². The van der Waals surface area contributed by atoms with Crippen molar-refractivity contribution in [2.75, 3.05) is 44.2 Å². The first-order valence-electron chi connectivity index (χ1n) is 11.3. The summed E-state index contributed by atoms with van der Waals surface area (Å²) in [5, 5.41) is 2.98. The lowest BCUT2D eigenvalue weighted by molar-refractivity contribution is 0.101. The van der Waals surface area contributed by atoms with Gasteiger partial charge in [-0.3, -0.25) is 9.69 Å². The van der Waals surface area contributed by atoms with Gasteiger partial charge in [0.05, 0.1) is 5.69 Å². The van der Waals surface area contributed by atoms with Gasteiger partial charge in [0.2, 0.25) is 0 Å². The fourth-order valence-corrected chi connectivity index (χ4v) is 3.89. The molecule has 2 aromatic carbocycles. The average Bonchev–Trinajstić information content (AvgIpc) is 2.81. The van der Waals surface area contributed by atoms with Gasteiger partial charge < -0.3 is 15.1 Å². The maximum Gasteiger partial charge on any atom is 0.317 e. The molecule has 1 aliphatic heterocycles. The number of Topliss-reactive ketones (excluding diaryl/α,β-unsaturated/α-hetero) is 1. The lowest BCUT2D eigenvalue weighted by Gasteiger charge is -2.36. The molecule has 0 aliphatic carbocycles. The molecule has 6 nitrogen and oxygen atoms in total. The first-order chi connectivity index (χ1) is 15.4. The highest BCUT2D eigenvalue weighted by Gasteiger charge is 2.23. The predicted molar refractivity (Wildman–Crippen MR) is 125 cm³/mol. The first-order valence-corrected chi connectivity index (χ1v) is 11.3. The van der Waals surface area contributed by atoms with Crippen molar-refractivity contribution in [2.24, 2.45) is 0 Å². The molecule has 172 valence electrons. The van der Waals surface area contributed by atoms with Crippen LogP contribution in [0.15, 0.2) is 42.5 Å². The normalized spacial score (nSPS) is 14.0. The predicted octanol–water partition coefficient (Wildman–Crippen LogP) is 3.90. The third-order valence-electron chi connectivity index (χ3n) is 6.03. The number of nitrogens with zero attached hydrogens (tertiary/aromatic N) is 3. The van der Waals surface area contributed by atoms with Gasteiger partial charge >= 0.3 is 6.03 Å². The molecule has 1 N–H and O–H groups in total. The van der Waals surface area contributed by atoms with E-state index < -0.39 is 5.82 Å². The Morgan fingerprint density at radius 3 is 2.16 bits per heavy atom. The van der Waals surface area contributed by atoms with Crippen LogP contribution in [0, 0.1) is 5.82 Å². The number of ketones is 1. The number of rotatable bonds is 8. The highest BCUT2D eigenvalue weighted by Crippen LogP contribution is 2.22. The molecule has 2 amide bonds. The summed E-state index contributed by atoms with van der Waals surface area (Å²) in [4.78, 5) is 30.0. The Morgan fingerprint density at radius 2 is 1.59 bits per heavy atom. The molecule has 0 spiro atoms. The van der Waals surface area contributed by atoms with Crippen molar-refractivity contribution in [1.82, 2.24) is 15.1 Å².